The van der Waals surface area contributed by atoms with Crippen molar-refractivity contribution < 1.29 is 19.2 Å². The van der Waals surface area contributed by atoms with Crippen LogP contribution in [0.3, 0.4) is 0 Å². The molecule has 1 rings (SSSR count). The molecule has 1 heterocycles. The van der Waals surface area contributed by atoms with Crippen LogP contribution in [-0.2, 0) is 19.2 Å². The number of carbonyl (C=O) groups is 4. The second-order valence-electron chi connectivity index (χ2n) is 8.72. The van der Waals surface area contributed by atoms with Crippen molar-refractivity contribution in [1.82, 2.24) is 14.7 Å². The summed E-state index contributed by atoms with van der Waals surface area (Å²) in [5, 5.41) is 0. The quantitative estimate of drug-likeness (QED) is 0.122. The zero-order chi connectivity index (χ0) is 27.8. The van der Waals surface area contributed by atoms with Crippen LogP contribution in [0.4, 0.5) is 0 Å². The van der Waals surface area contributed by atoms with Gasteiger partial charge in [0.05, 0.1) is 12.8 Å². The summed E-state index contributed by atoms with van der Waals surface area (Å²) in [5.74, 6) is -0.701. The number of ketones is 2. The van der Waals surface area contributed by atoms with E-state index in [1.807, 2.05) is 0 Å². The Balaban J connectivity index is 0. The Bertz CT molecular complexity index is 542. The molecule has 12 heteroatoms. The Morgan fingerprint density at radius 1 is 0.556 bits per heavy atom. The van der Waals surface area contributed by atoms with E-state index in [1.165, 1.54) is 26.7 Å². The third-order valence-corrected chi connectivity index (χ3v) is 5.28. The molecule has 1 aliphatic heterocycles. The second kappa shape index (κ2) is 24.7. The molecule has 0 saturated carbocycles. The zero-order valence-electron chi connectivity index (χ0n) is 22.6. The fourth-order valence-corrected chi connectivity index (χ4v) is 3.38. The van der Waals surface area contributed by atoms with E-state index < -0.39 is 0 Å². The topological polar surface area (TPSA) is 208 Å². The van der Waals surface area contributed by atoms with Crippen molar-refractivity contribution in [1.29, 1.82) is 0 Å². The van der Waals surface area contributed by atoms with E-state index in [2.05, 4.69) is 4.90 Å². The minimum Gasteiger partial charge on any atom is -0.339 e. The van der Waals surface area contributed by atoms with Gasteiger partial charge in [-0.3, -0.25) is 24.1 Å². The number of nitrogens with two attached hydrogens (primary N) is 5. The van der Waals surface area contributed by atoms with E-state index in [4.69, 9.17) is 28.7 Å². The summed E-state index contributed by atoms with van der Waals surface area (Å²) in [6.07, 6.45) is 4.63. The van der Waals surface area contributed by atoms with Gasteiger partial charge in [-0.25, -0.2) is 0 Å². The predicted octanol–water partition coefficient (Wildman–Crippen LogP) is -1.76. The fourth-order valence-electron chi connectivity index (χ4n) is 3.38. The zero-order valence-corrected chi connectivity index (χ0v) is 22.6. The highest BCUT2D eigenvalue weighted by Gasteiger charge is 2.24. The van der Waals surface area contributed by atoms with Crippen LogP contribution < -0.4 is 28.7 Å². The second-order valence-corrected chi connectivity index (χ2v) is 8.72. The molecule has 2 amide bonds. The summed E-state index contributed by atoms with van der Waals surface area (Å²) >= 11 is 0. The van der Waals surface area contributed by atoms with Crippen molar-refractivity contribution in [2.75, 3.05) is 78.5 Å². The number of rotatable bonds is 15. The van der Waals surface area contributed by atoms with Crippen LogP contribution in [0.15, 0.2) is 0 Å². The Hall–Kier alpha value is -1.96. The Morgan fingerprint density at radius 3 is 1.08 bits per heavy atom. The molecule has 0 aliphatic carbocycles. The molecule has 0 unspecified atom stereocenters. The average Bonchev–Trinajstić information content (AvgIpc) is 2.82. The first-order chi connectivity index (χ1) is 17.2. The number of Topliss-reactive ketones (excluding diaryl/α,β-unsaturated/α-hetero) is 2. The predicted molar refractivity (Wildman–Crippen MR) is 144 cm³/mol. The largest absolute Gasteiger partial charge is 0.339 e. The molecule has 0 atom stereocenters. The van der Waals surface area contributed by atoms with E-state index in [0.717, 1.165) is 45.6 Å². The lowest BCUT2D eigenvalue weighted by Gasteiger charge is -2.34. The maximum Gasteiger partial charge on any atom is 0.230 e. The van der Waals surface area contributed by atoms with Gasteiger partial charge in [0, 0.05) is 65.4 Å². The highest BCUT2D eigenvalue weighted by atomic mass is 16.2. The minimum atomic E-state index is -0.193. The van der Waals surface area contributed by atoms with Gasteiger partial charge in [-0.2, -0.15) is 0 Å². The molecule has 36 heavy (non-hydrogen) atoms. The molecule has 212 valence electrons. The first kappa shape index (κ1) is 36.2. The van der Waals surface area contributed by atoms with Crippen molar-refractivity contribution >= 4 is 23.4 Å². The summed E-state index contributed by atoms with van der Waals surface area (Å²) in [5.41, 5.74) is 26.7. The molecular formula is C24H52N8O4. The molecule has 1 fully saturated rings. The summed E-state index contributed by atoms with van der Waals surface area (Å²) in [6.45, 7) is 10.8. The van der Waals surface area contributed by atoms with Gasteiger partial charge in [-0.15, -0.1) is 0 Å². The van der Waals surface area contributed by atoms with Crippen molar-refractivity contribution in [2.24, 2.45) is 28.7 Å². The SMILES string of the molecule is CC(=O)CC(=O)N1CCN(C(=O)CC(C)=O)CC1.NCCCCCCN.NCCN(CCN)CCN. The molecule has 1 saturated heterocycles. The lowest BCUT2D eigenvalue weighted by Crippen LogP contribution is -2.51. The van der Waals surface area contributed by atoms with Gasteiger partial charge in [0.25, 0.3) is 0 Å². The number of hydrogen-bond acceptors (Lipinski definition) is 10. The molecule has 0 aromatic carbocycles. The van der Waals surface area contributed by atoms with Crippen molar-refractivity contribution in [2.45, 2.75) is 52.4 Å². The van der Waals surface area contributed by atoms with Crippen molar-refractivity contribution in [3.63, 3.8) is 0 Å². The van der Waals surface area contributed by atoms with Gasteiger partial charge in [-0.1, -0.05) is 12.8 Å². The third kappa shape index (κ3) is 21.3. The first-order valence-corrected chi connectivity index (χ1v) is 12.9. The lowest BCUT2D eigenvalue weighted by molar-refractivity contribution is -0.142. The minimum absolute atomic E-state index is 0.0820. The van der Waals surface area contributed by atoms with Gasteiger partial charge < -0.3 is 38.5 Å². The Morgan fingerprint density at radius 2 is 0.861 bits per heavy atom. The molecular weight excluding hydrogens is 464 g/mol. The van der Waals surface area contributed by atoms with Crippen LogP contribution in [0.25, 0.3) is 0 Å². The van der Waals surface area contributed by atoms with E-state index in [9.17, 15) is 19.2 Å². The normalized spacial score (nSPS) is 12.9. The fraction of sp³-hybridized carbons (Fsp3) is 0.833. The summed E-state index contributed by atoms with van der Waals surface area (Å²) in [7, 11) is 0. The molecule has 0 radical (unpaired) electrons. The monoisotopic (exact) mass is 516 g/mol. The number of carbonyl (C=O) groups excluding carboxylic acids is 4. The molecule has 0 spiro atoms. The van der Waals surface area contributed by atoms with E-state index >= 15 is 0 Å². The maximum absolute atomic E-state index is 11.6. The van der Waals surface area contributed by atoms with E-state index in [-0.39, 0.29) is 36.2 Å². The maximum atomic E-state index is 11.6. The number of nitrogens with zero attached hydrogens (tertiary/aromatic N) is 3. The summed E-state index contributed by atoms with van der Waals surface area (Å²) in [4.78, 5) is 50.2. The van der Waals surface area contributed by atoms with Crippen LogP contribution >= 0.6 is 0 Å². The van der Waals surface area contributed by atoms with Crippen LogP contribution in [0.5, 0.6) is 0 Å². The smallest absolute Gasteiger partial charge is 0.230 e. The first-order valence-electron chi connectivity index (χ1n) is 12.9. The summed E-state index contributed by atoms with van der Waals surface area (Å²) in [6, 6.07) is 0. The molecule has 0 bridgehead atoms. The van der Waals surface area contributed by atoms with Crippen molar-refractivity contribution in [3.05, 3.63) is 0 Å². The van der Waals surface area contributed by atoms with E-state index in [0.29, 0.717) is 45.8 Å². The Kier molecular flexibility index (Phi) is 24.9. The van der Waals surface area contributed by atoms with Crippen LogP contribution in [-0.4, -0.2) is 117 Å². The van der Waals surface area contributed by atoms with Crippen molar-refractivity contribution in [3.8, 4) is 0 Å². The third-order valence-electron chi connectivity index (χ3n) is 5.28. The van der Waals surface area contributed by atoms with Gasteiger partial charge >= 0.3 is 0 Å². The van der Waals surface area contributed by atoms with Gasteiger partial charge in [-0.05, 0) is 39.8 Å². The van der Waals surface area contributed by atoms with Crippen LogP contribution in [0.1, 0.15) is 52.4 Å². The number of hydrogen-bond donors (Lipinski definition) is 5. The van der Waals surface area contributed by atoms with Crippen LogP contribution in [0.2, 0.25) is 0 Å². The van der Waals surface area contributed by atoms with Crippen LogP contribution in [0, 0.1) is 0 Å². The Labute approximate surface area is 217 Å². The van der Waals surface area contributed by atoms with E-state index in [1.54, 1.807) is 9.80 Å². The molecule has 0 aromatic heterocycles. The average molecular weight is 517 g/mol. The lowest BCUT2D eigenvalue weighted by atomic mass is 10.2. The molecule has 1 aliphatic rings. The van der Waals surface area contributed by atoms with Gasteiger partial charge in [0.1, 0.15) is 11.6 Å². The molecule has 12 nitrogen and oxygen atoms in total. The standard InChI is InChI=1S/C12H18N2O4.C6H18N4.C6H16N2/c1-9(15)7-11(17)13-3-5-14(6-4-13)12(18)8-10(2)16;7-1-4-10(5-2-8)6-3-9;7-5-3-1-2-4-6-8/h3-8H2,1-2H3;1-9H2;1-8H2. The number of amides is 2. The number of unbranched alkanes of at least 4 members (excludes halogenated alkanes) is 3. The molecule has 10 N–H and O–H groups in total. The highest BCUT2D eigenvalue weighted by Crippen LogP contribution is 2.06. The molecule has 0 aromatic rings. The summed E-state index contributed by atoms with van der Waals surface area (Å²) < 4.78 is 0. The highest BCUT2D eigenvalue weighted by molar-refractivity contribution is 5.98. The van der Waals surface area contributed by atoms with Gasteiger partial charge in [0.2, 0.25) is 11.8 Å². The number of piperazine rings is 1. The van der Waals surface area contributed by atoms with Gasteiger partial charge in [0.15, 0.2) is 0 Å².